The molecule has 1 aliphatic heterocycles. The highest BCUT2D eigenvalue weighted by Gasteiger charge is 2.20. The van der Waals surface area contributed by atoms with E-state index in [1.807, 2.05) is 16.2 Å². The summed E-state index contributed by atoms with van der Waals surface area (Å²) in [4.78, 5) is 16.0. The average Bonchev–Trinajstić information content (AvgIpc) is 3.16. The number of carbonyl (C=O) groups excluding carboxylic acids is 1. The Labute approximate surface area is 133 Å². The predicted molar refractivity (Wildman–Crippen MR) is 89.7 cm³/mol. The third-order valence-corrected chi connectivity index (χ3v) is 5.82. The summed E-state index contributed by atoms with van der Waals surface area (Å²) >= 11 is 3.61. The second kappa shape index (κ2) is 6.73. The molecule has 21 heavy (non-hydrogen) atoms. The van der Waals surface area contributed by atoms with Gasteiger partial charge in [-0.15, -0.1) is 22.7 Å². The Bertz CT molecular complexity index is 583. The number of nitrogens with zero attached hydrogens (tertiary/aromatic N) is 1. The molecule has 3 rings (SSSR count). The lowest BCUT2D eigenvalue weighted by molar-refractivity contribution is -0.129. The molecule has 3 heterocycles. The van der Waals surface area contributed by atoms with Crippen molar-refractivity contribution in [2.75, 3.05) is 13.1 Å². The lowest BCUT2D eigenvalue weighted by atomic mass is 10.1. The molecular weight excluding hydrogens is 300 g/mol. The Morgan fingerprint density at radius 2 is 2.19 bits per heavy atom. The van der Waals surface area contributed by atoms with Crippen molar-refractivity contribution in [3.8, 4) is 10.4 Å². The number of piperidine rings is 1. The molecule has 0 radical (unpaired) electrons. The van der Waals surface area contributed by atoms with Crippen molar-refractivity contribution in [3.05, 3.63) is 33.8 Å². The molecule has 0 spiro atoms. The molecule has 2 aromatic rings. The van der Waals surface area contributed by atoms with Crippen LogP contribution in [0.4, 0.5) is 0 Å². The van der Waals surface area contributed by atoms with Crippen LogP contribution in [0.25, 0.3) is 10.4 Å². The van der Waals surface area contributed by atoms with Crippen LogP contribution in [0.2, 0.25) is 0 Å². The van der Waals surface area contributed by atoms with Crippen LogP contribution in [-0.4, -0.2) is 29.9 Å². The third kappa shape index (κ3) is 3.73. The van der Waals surface area contributed by atoms with Crippen LogP contribution >= 0.6 is 22.7 Å². The summed E-state index contributed by atoms with van der Waals surface area (Å²) in [6, 6.07) is 7.08. The van der Waals surface area contributed by atoms with Crippen LogP contribution in [0, 0.1) is 0 Å². The van der Waals surface area contributed by atoms with Gasteiger partial charge in [-0.25, -0.2) is 0 Å². The zero-order chi connectivity index (χ0) is 14.7. The van der Waals surface area contributed by atoms with E-state index in [0.29, 0.717) is 6.04 Å². The monoisotopic (exact) mass is 320 g/mol. The van der Waals surface area contributed by atoms with E-state index in [-0.39, 0.29) is 5.91 Å². The fourth-order valence-corrected chi connectivity index (χ4v) is 4.31. The zero-order valence-corrected chi connectivity index (χ0v) is 13.8. The number of carbonyl (C=O) groups is 1. The number of hydrogen-bond donors (Lipinski definition) is 1. The molecule has 2 aromatic heterocycles. The fraction of sp³-hybridized carbons (Fsp3) is 0.438. The summed E-state index contributed by atoms with van der Waals surface area (Å²) in [5.41, 5.74) is 1.33. The van der Waals surface area contributed by atoms with E-state index in [2.05, 4.69) is 34.3 Å². The minimum Gasteiger partial charge on any atom is -0.343 e. The van der Waals surface area contributed by atoms with Crippen molar-refractivity contribution in [2.24, 2.45) is 0 Å². The van der Waals surface area contributed by atoms with Crippen LogP contribution in [0.3, 0.4) is 0 Å². The topological polar surface area (TPSA) is 32.3 Å². The van der Waals surface area contributed by atoms with Gasteiger partial charge < -0.3 is 10.2 Å². The van der Waals surface area contributed by atoms with Gasteiger partial charge in [0.05, 0.1) is 0 Å². The molecule has 0 aliphatic carbocycles. The van der Waals surface area contributed by atoms with Crippen molar-refractivity contribution in [2.45, 2.75) is 32.4 Å². The molecule has 1 amide bonds. The van der Waals surface area contributed by atoms with Gasteiger partial charge in [-0.05, 0) is 35.7 Å². The second-order valence-corrected chi connectivity index (χ2v) is 7.38. The lowest BCUT2D eigenvalue weighted by Crippen LogP contribution is -2.43. The van der Waals surface area contributed by atoms with Crippen LogP contribution < -0.4 is 5.32 Å². The first-order chi connectivity index (χ1) is 10.2. The summed E-state index contributed by atoms with van der Waals surface area (Å²) in [5, 5.41) is 7.99. The van der Waals surface area contributed by atoms with E-state index in [4.69, 9.17) is 0 Å². The Balaban J connectivity index is 1.49. The molecule has 0 unspecified atom stereocenters. The van der Waals surface area contributed by atoms with Crippen LogP contribution in [0.5, 0.6) is 0 Å². The van der Waals surface area contributed by atoms with Gasteiger partial charge in [0.1, 0.15) is 0 Å². The summed E-state index contributed by atoms with van der Waals surface area (Å²) in [7, 11) is 0. The molecule has 0 saturated carbocycles. The molecule has 1 N–H and O–H groups in total. The molecule has 3 nitrogen and oxygen atoms in total. The first kappa shape index (κ1) is 14.8. The van der Waals surface area contributed by atoms with Crippen molar-refractivity contribution in [1.82, 2.24) is 10.2 Å². The molecule has 5 heteroatoms. The lowest BCUT2D eigenvalue weighted by Gasteiger charge is -2.31. The molecule has 1 fully saturated rings. The highest BCUT2D eigenvalue weighted by atomic mass is 32.1. The standard InChI is InChI=1S/C16H20N2OS2/c1-12(19)18-6-4-14(5-7-18)17-10-15-9-13(11-21-15)16-3-2-8-20-16/h2-3,8-9,11,14,17H,4-7,10H2,1H3. The fourth-order valence-electron chi connectivity index (χ4n) is 2.69. The first-order valence-electron chi connectivity index (χ1n) is 7.32. The highest BCUT2D eigenvalue weighted by molar-refractivity contribution is 7.14. The number of nitrogens with one attached hydrogen (secondary N) is 1. The molecule has 0 atom stereocenters. The maximum absolute atomic E-state index is 11.3. The minimum atomic E-state index is 0.201. The third-order valence-electron chi connectivity index (χ3n) is 3.96. The molecule has 1 saturated heterocycles. The molecular formula is C16H20N2OS2. The Hall–Kier alpha value is -1.17. The van der Waals surface area contributed by atoms with Gasteiger partial charge in [0.15, 0.2) is 0 Å². The number of amides is 1. The van der Waals surface area contributed by atoms with Gasteiger partial charge >= 0.3 is 0 Å². The molecule has 1 aliphatic rings. The molecule has 112 valence electrons. The largest absolute Gasteiger partial charge is 0.343 e. The van der Waals surface area contributed by atoms with Gasteiger partial charge in [-0.3, -0.25) is 4.79 Å². The van der Waals surface area contributed by atoms with E-state index in [9.17, 15) is 4.79 Å². The quantitative estimate of drug-likeness (QED) is 0.934. The maximum atomic E-state index is 11.3. The zero-order valence-electron chi connectivity index (χ0n) is 12.2. The van der Waals surface area contributed by atoms with E-state index in [0.717, 1.165) is 32.5 Å². The maximum Gasteiger partial charge on any atom is 0.219 e. The van der Waals surface area contributed by atoms with Crippen molar-refractivity contribution in [1.29, 1.82) is 0 Å². The highest BCUT2D eigenvalue weighted by Crippen LogP contribution is 2.29. The van der Waals surface area contributed by atoms with Gasteiger partial charge in [0.2, 0.25) is 5.91 Å². The van der Waals surface area contributed by atoms with Crippen molar-refractivity contribution < 1.29 is 4.79 Å². The Kier molecular flexibility index (Phi) is 4.73. The van der Waals surface area contributed by atoms with Crippen LogP contribution in [0.15, 0.2) is 29.0 Å². The van der Waals surface area contributed by atoms with E-state index >= 15 is 0 Å². The van der Waals surface area contributed by atoms with Gasteiger partial charge in [-0.1, -0.05) is 6.07 Å². The van der Waals surface area contributed by atoms with Crippen LogP contribution in [0.1, 0.15) is 24.6 Å². The van der Waals surface area contributed by atoms with Crippen molar-refractivity contribution >= 4 is 28.6 Å². The Morgan fingerprint density at radius 3 is 2.86 bits per heavy atom. The van der Waals surface area contributed by atoms with Crippen LogP contribution in [-0.2, 0) is 11.3 Å². The predicted octanol–water partition coefficient (Wildman–Crippen LogP) is 3.58. The van der Waals surface area contributed by atoms with Crippen molar-refractivity contribution in [3.63, 3.8) is 0 Å². The average molecular weight is 320 g/mol. The summed E-state index contributed by atoms with van der Waals surface area (Å²) in [5.74, 6) is 0.201. The Morgan fingerprint density at radius 1 is 1.38 bits per heavy atom. The minimum absolute atomic E-state index is 0.201. The van der Waals surface area contributed by atoms with Gasteiger partial charge in [-0.2, -0.15) is 0 Å². The second-order valence-electron chi connectivity index (χ2n) is 5.44. The van der Waals surface area contributed by atoms with E-state index < -0.39 is 0 Å². The van der Waals surface area contributed by atoms with E-state index in [1.54, 1.807) is 18.3 Å². The number of likely N-dealkylation sites (tertiary alicyclic amines) is 1. The molecule has 0 aromatic carbocycles. The van der Waals surface area contributed by atoms with Gasteiger partial charge in [0, 0.05) is 47.9 Å². The van der Waals surface area contributed by atoms with Gasteiger partial charge in [0.25, 0.3) is 0 Å². The number of hydrogen-bond acceptors (Lipinski definition) is 4. The van der Waals surface area contributed by atoms with E-state index in [1.165, 1.54) is 15.3 Å². The summed E-state index contributed by atoms with van der Waals surface area (Å²) < 4.78 is 0. The number of rotatable bonds is 4. The summed E-state index contributed by atoms with van der Waals surface area (Å²) in [6.45, 7) is 4.36. The molecule has 0 bridgehead atoms. The first-order valence-corrected chi connectivity index (χ1v) is 9.08. The SMILES string of the molecule is CC(=O)N1CCC(NCc2cc(-c3cccs3)cs2)CC1. The smallest absolute Gasteiger partial charge is 0.219 e. The number of thiophene rings is 2. The summed E-state index contributed by atoms with van der Waals surface area (Å²) in [6.07, 6.45) is 2.12. The normalized spacial score (nSPS) is 16.3.